The van der Waals surface area contributed by atoms with Gasteiger partial charge in [-0.15, -0.1) is 11.3 Å². The van der Waals surface area contributed by atoms with Gasteiger partial charge in [-0.1, -0.05) is 0 Å². The fraction of sp³-hybridized carbons (Fsp3) is 0.556. The SMILES string of the molecule is CC(C)(O)c1ncc(S(=O)Nc2c3c(nc(C(F)(F)F)c2C2CC2)CCC3)s1. The molecule has 4 rings (SSSR count). The summed E-state index contributed by atoms with van der Waals surface area (Å²) in [7, 11) is -1.78. The number of aliphatic hydroxyl groups is 1. The van der Waals surface area contributed by atoms with E-state index in [1.54, 1.807) is 13.8 Å². The molecular weight excluding hydrogens is 411 g/mol. The smallest absolute Gasteiger partial charge is 0.383 e. The number of hydrogen-bond donors (Lipinski definition) is 2. The minimum Gasteiger partial charge on any atom is -0.383 e. The highest BCUT2D eigenvalue weighted by atomic mass is 32.2. The van der Waals surface area contributed by atoms with E-state index in [1.807, 2.05) is 0 Å². The van der Waals surface area contributed by atoms with E-state index in [0.29, 0.717) is 46.3 Å². The van der Waals surface area contributed by atoms with Crippen LogP contribution in [0.2, 0.25) is 0 Å². The number of anilines is 1. The summed E-state index contributed by atoms with van der Waals surface area (Å²) in [4.78, 5) is 8.05. The summed E-state index contributed by atoms with van der Waals surface area (Å²) in [6.07, 6.45) is 0.0441. The van der Waals surface area contributed by atoms with Gasteiger partial charge in [-0.05, 0) is 57.4 Å². The van der Waals surface area contributed by atoms with Crippen molar-refractivity contribution in [1.82, 2.24) is 9.97 Å². The van der Waals surface area contributed by atoms with E-state index in [1.165, 1.54) is 6.20 Å². The lowest BCUT2D eigenvalue weighted by Crippen LogP contribution is -2.18. The molecule has 0 saturated heterocycles. The van der Waals surface area contributed by atoms with Crippen LogP contribution in [0.5, 0.6) is 0 Å². The molecule has 152 valence electrons. The normalized spacial score (nSPS) is 18.2. The molecule has 2 aromatic rings. The zero-order valence-electron chi connectivity index (χ0n) is 15.4. The van der Waals surface area contributed by atoms with E-state index in [0.717, 1.165) is 23.3 Å². The third-order valence-corrected chi connectivity index (χ3v) is 7.57. The Hall–Kier alpha value is -1.52. The zero-order valence-corrected chi connectivity index (χ0v) is 17.0. The number of rotatable bonds is 5. The Morgan fingerprint density at radius 1 is 1.29 bits per heavy atom. The molecule has 2 aliphatic carbocycles. The van der Waals surface area contributed by atoms with Gasteiger partial charge in [0.05, 0.1) is 11.9 Å². The van der Waals surface area contributed by atoms with E-state index < -0.39 is 28.5 Å². The van der Waals surface area contributed by atoms with Crippen LogP contribution in [0.4, 0.5) is 18.9 Å². The van der Waals surface area contributed by atoms with Crippen LogP contribution < -0.4 is 4.72 Å². The molecule has 2 N–H and O–H groups in total. The number of halogens is 3. The third kappa shape index (κ3) is 3.69. The lowest BCUT2D eigenvalue weighted by molar-refractivity contribution is -0.141. The van der Waals surface area contributed by atoms with Crippen molar-refractivity contribution in [3.8, 4) is 0 Å². The Labute approximate surface area is 167 Å². The van der Waals surface area contributed by atoms with Gasteiger partial charge < -0.3 is 5.11 Å². The molecule has 5 nitrogen and oxygen atoms in total. The van der Waals surface area contributed by atoms with Crippen LogP contribution in [-0.4, -0.2) is 19.3 Å². The van der Waals surface area contributed by atoms with Gasteiger partial charge in [-0.3, -0.25) is 4.72 Å². The molecule has 1 atom stereocenters. The molecule has 0 radical (unpaired) electrons. The molecule has 1 saturated carbocycles. The van der Waals surface area contributed by atoms with Crippen LogP contribution >= 0.6 is 11.3 Å². The lowest BCUT2D eigenvalue weighted by Gasteiger charge is -2.20. The first-order valence-electron chi connectivity index (χ1n) is 9.05. The van der Waals surface area contributed by atoms with Crippen molar-refractivity contribution in [2.75, 3.05) is 4.72 Å². The topological polar surface area (TPSA) is 75.1 Å². The number of aryl methyl sites for hydroxylation is 1. The van der Waals surface area contributed by atoms with Crippen LogP contribution in [0.25, 0.3) is 0 Å². The van der Waals surface area contributed by atoms with Crippen LogP contribution in [0, 0.1) is 0 Å². The number of thiazole rings is 1. The quantitative estimate of drug-likeness (QED) is 0.741. The van der Waals surface area contributed by atoms with Crippen molar-refractivity contribution in [2.45, 2.75) is 67.9 Å². The van der Waals surface area contributed by atoms with Gasteiger partial charge >= 0.3 is 6.18 Å². The van der Waals surface area contributed by atoms with E-state index in [-0.39, 0.29) is 11.5 Å². The standard InChI is InChI=1S/C18H20F3N3O2S2/c1-17(2,25)16-22-8-12(27-16)28(26)24-14-10-4-3-5-11(10)23-15(18(19,20)21)13(14)9-6-7-9/h8-9,25H,3-7H2,1-2H3,(H,23,24). The summed E-state index contributed by atoms with van der Waals surface area (Å²) < 4.78 is 57.1. The number of pyridine rings is 1. The number of nitrogens with one attached hydrogen (secondary N) is 1. The first kappa shape index (κ1) is 19.8. The number of hydrogen-bond acceptors (Lipinski definition) is 5. The van der Waals surface area contributed by atoms with Crippen molar-refractivity contribution in [3.63, 3.8) is 0 Å². The molecule has 0 aliphatic heterocycles. The zero-order chi connectivity index (χ0) is 20.3. The minimum atomic E-state index is -4.55. The van der Waals surface area contributed by atoms with Crippen molar-refractivity contribution < 1.29 is 22.5 Å². The molecule has 10 heteroatoms. The predicted octanol–water partition coefficient (Wildman–Crippen LogP) is 4.29. The molecule has 0 bridgehead atoms. The first-order chi connectivity index (χ1) is 13.1. The second-order valence-electron chi connectivity index (χ2n) is 7.71. The second-order valence-corrected chi connectivity index (χ2v) is 10.2. The fourth-order valence-corrected chi connectivity index (χ4v) is 5.45. The molecule has 2 aliphatic rings. The maximum Gasteiger partial charge on any atom is 0.433 e. The summed E-state index contributed by atoms with van der Waals surface area (Å²) in [6.45, 7) is 3.14. The summed E-state index contributed by atoms with van der Waals surface area (Å²) in [5.74, 6) is -0.206. The molecule has 0 amide bonds. The lowest BCUT2D eigenvalue weighted by atomic mass is 10.0. The van der Waals surface area contributed by atoms with Gasteiger partial charge in [0.2, 0.25) is 0 Å². The van der Waals surface area contributed by atoms with Crippen LogP contribution in [-0.2, 0) is 35.6 Å². The minimum absolute atomic E-state index is 0.147. The van der Waals surface area contributed by atoms with Crippen molar-refractivity contribution >= 4 is 28.0 Å². The van der Waals surface area contributed by atoms with Gasteiger partial charge in [0.1, 0.15) is 20.5 Å². The van der Waals surface area contributed by atoms with Crippen LogP contribution in [0.3, 0.4) is 0 Å². The third-order valence-electron chi connectivity index (χ3n) is 4.90. The summed E-state index contributed by atoms with van der Waals surface area (Å²) in [6, 6.07) is 0. The Bertz CT molecular complexity index is 947. The molecule has 28 heavy (non-hydrogen) atoms. The maximum atomic E-state index is 13.7. The number of nitrogens with zero attached hydrogens (tertiary/aromatic N) is 2. The summed E-state index contributed by atoms with van der Waals surface area (Å²) in [5.41, 5.74) is -0.361. The highest BCUT2D eigenvalue weighted by molar-refractivity contribution is 7.88. The second kappa shape index (κ2) is 6.77. The van der Waals surface area contributed by atoms with Gasteiger partial charge in [-0.25, -0.2) is 14.2 Å². The summed E-state index contributed by atoms with van der Waals surface area (Å²) >= 11 is 1.08. The Kier molecular flexibility index (Phi) is 4.79. The van der Waals surface area contributed by atoms with Gasteiger partial charge in [-0.2, -0.15) is 13.2 Å². The fourth-order valence-electron chi connectivity index (χ4n) is 3.47. The molecule has 1 fully saturated rings. The van der Waals surface area contributed by atoms with Gasteiger partial charge in [0.15, 0.2) is 11.0 Å². The molecule has 2 aromatic heterocycles. The van der Waals surface area contributed by atoms with Crippen molar-refractivity contribution in [3.05, 3.63) is 33.7 Å². The van der Waals surface area contributed by atoms with Gasteiger partial charge in [0, 0.05) is 11.3 Å². The highest BCUT2D eigenvalue weighted by Crippen LogP contribution is 2.51. The molecule has 0 spiro atoms. The van der Waals surface area contributed by atoms with Crippen molar-refractivity contribution in [2.24, 2.45) is 0 Å². The molecule has 0 aromatic carbocycles. The van der Waals surface area contributed by atoms with Crippen LogP contribution in [0.1, 0.15) is 66.6 Å². The number of alkyl halides is 3. The van der Waals surface area contributed by atoms with E-state index in [4.69, 9.17) is 0 Å². The highest BCUT2D eigenvalue weighted by Gasteiger charge is 2.43. The largest absolute Gasteiger partial charge is 0.433 e. The van der Waals surface area contributed by atoms with Crippen molar-refractivity contribution in [1.29, 1.82) is 0 Å². The Balaban J connectivity index is 1.76. The average molecular weight is 432 g/mol. The maximum absolute atomic E-state index is 13.7. The van der Waals surface area contributed by atoms with Crippen LogP contribution in [0.15, 0.2) is 10.4 Å². The Morgan fingerprint density at radius 3 is 2.57 bits per heavy atom. The van der Waals surface area contributed by atoms with E-state index in [2.05, 4.69) is 14.7 Å². The summed E-state index contributed by atoms with van der Waals surface area (Å²) in [5, 5.41) is 10.4. The number of fused-ring (bicyclic) bond motifs is 1. The number of aromatic nitrogens is 2. The first-order valence-corrected chi connectivity index (χ1v) is 11.0. The molecular formula is C18H20F3N3O2S2. The predicted molar refractivity (Wildman–Crippen MR) is 101 cm³/mol. The van der Waals surface area contributed by atoms with E-state index >= 15 is 0 Å². The van der Waals surface area contributed by atoms with E-state index in [9.17, 15) is 22.5 Å². The molecule has 2 heterocycles. The average Bonchev–Trinajstić information content (AvgIpc) is 3.09. The van der Waals surface area contributed by atoms with Gasteiger partial charge in [0.25, 0.3) is 0 Å². The monoisotopic (exact) mass is 431 g/mol. The Morgan fingerprint density at radius 2 is 2.00 bits per heavy atom. The molecule has 1 unspecified atom stereocenters.